The van der Waals surface area contributed by atoms with E-state index in [-0.39, 0.29) is 5.69 Å². The van der Waals surface area contributed by atoms with E-state index < -0.39 is 0 Å². The second kappa shape index (κ2) is 6.17. The van der Waals surface area contributed by atoms with Gasteiger partial charge in [0.2, 0.25) is 0 Å². The Labute approximate surface area is 127 Å². The van der Waals surface area contributed by atoms with Gasteiger partial charge < -0.3 is 9.97 Å². The van der Waals surface area contributed by atoms with Crippen LogP contribution in [0, 0.1) is 5.92 Å². The van der Waals surface area contributed by atoms with Crippen LogP contribution in [0.5, 0.6) is 0 Å². The quantitative estimate of drug-likeness (QED) is 0.621. The fourth-order valence-electron chi connectivity index (χ4n) is 3.27. The van der Waals surface area contributed by atoms with Crippen molar-refractivity contribution in [1.29, 1.82) is 0 Å². The van der Waals surface area contributed by atoms with Crippen LogP contribution in [0.3, 0.4) is 0 Å². The number of H-pyrrole nitrogens is 2. The number of aromatic amines is 2. The Morgan fingerprint density at radius 1 is 1.10 bits per heavy atom. The van der Waals surface area contributed by atoms with Crippen molar-refractivity contribution in [3.05, 3.63) is 34.2 Å². The molecule has 1 aliphatic carbocycles. The average Bonchev–Trinajstić information content (AvgIpc) is 2.62. The predicted octanol–water partition coefficient (Wildman–Crippen LogP) is 4.65. The van der Waals surface area contributed by atoms with Crippen LogP contribution in [-0.4, -0.2) is 9.97 Å². The summed E-state index contributed by atoms with van der Waals surface area (Å²) in [7, 11) is 0. The molecule has 3 nitrogen and oxygen atoms in total. The molecule has 0 bridgehead atoms. The van der Waals surface area contributed by atoms with Crippen molar-refractivity contribution in [1.82, 2.24) is 9.97 Å². The third kappa shape index (κ3) is 3.17. The fraction of sp³-hybridized carbons (Fsp3) is 0.562. The predicted molar refractivity (Wildman–Crippen MR) is 86.4 cm³/mol. The van der Waals surface area contributed by atoms with Crippen LogP contribution >= 0.6 is 15.9 Å². The highest BCUT2D eigenvalue weighted by atomic mass is 79.9. The molecular formula is C16H21BrN2O. The zero-order valence-electron chi connectivity index (χ0n) is 11.6. The van der Waals surface area contributed by atoms with Crippen LogP contribution in [0.25, 0.3) is 11.0 Å². The van der Waals surface area contributed by atoms with Crippen LogP contribution < -0.4 is 5.69 Å². The smallest absolute Gasteiger partial charge is 0.306 e. The lowest BCUT2D eigenvalue weighted by Gasteiger charge is -2.18. The lowest BCUT2D eigenvalue weighted by molar-refractivity contribution is 0.427. The summed E-state index contributed by atoms with van der Waals surface area (Å²) >= 11 is 3.84. The number of fused-ring (bicyclic) bond motifs is 1. The Morgan fingerprint density at radius 2 is 1.80 bits per heavy atom. The van der Waals surface area contributed by atoms with E-state index >= 15 is 0 Å². The number of alkyl halides is 1. The van der Waals surface area contributed by atoms with Crippen LogP contribution in [0.4, 0.5) is 0 Å². The van der Waals surface area contributed by atoms with E-state index in [1.54, 1.807) is 0 Å². The summed E-state index contributed by atoms with van der Waals surface area (Å²) in [6.07, 6.45) is 9.50. The summed E-state index contributed by atoms with van der Waals surface area (Å²) in [5, 5.41) is 0. The van der Waals surface area contributed by atoms with Gasteiger partial charge in [-0.05, 0) is 30.0 Å². The first-order valence-electron chi connectivity index (χ1n) is 7.58. The fourth-order valence-corrected chi connectivity index (χ4v) is 4.09. The van der Waals surface area contributed by atoms with Gasteiger partial charge in [0.05, 0.1) is 11.0 Å². The van der Waals surface area contributed by atoms with Gasteiger partial charge in [0, 0.05) is 4.83 Å². The van der Waals surface area contributed by atoms with E-state index in [0.717, 1.165) is 17.0 Å². The summed E-state index contributed by atoms with van der Waals surface area (Å²) in [5.41, 5.74) is 2.91. The SMILES string of the molecule is O=c1[nH]c2ccc(C(Br)CC3CCCCCC3)cc2[nH]1. The Morgan fingerprint density at radius 3 is 2.55 bits per heavy atom. The van der Waals surface area contributed by atoms with E-state index in [1.165, 1.54) is 50.5 Å². The van der Waals surface area contributed by atoms with Gasteiger partial charge >= 0.3 is 5.69 Å². The second-order valence-corrected chi connectivity index (χ2v) is 7.05. The van der Waals surface area contributed by atoms with Crippen molar-refractivity contribution in [3.63, 3.8) is 0 Å². The molecule has 0 spiro atoms. The molecule has 1 saturated carbocycles. The average molecular weight is 337 g/mol. The van der Waals surface area contributed by atoms with Gasteiger partial charge in [-0.1, -0.05) is 60.5 Å². The molecule has 0 amide bonds. The first-order valence-corrected chi connectivity index (χ1v) is 8.50. The highest BCUT2D eigenvalue weighted by Crippen LogP contribution is 2.36. The van der Waals surface area contributed by atoms with Gasteiger partial charge in [-0.3, -0.25) is 0 Å². The molecule has 20 heavy (non-hydrogen) atoms. The number of nitrogens with one attached hydrogen (secondary N) is 2. The van der Waals surface area contributed by atoms with Crippen molar-refractivity contribution in [2.45, 2.75) is 49.8 Å². The maximum atomic E-state index is 11.3. The summed E-state index contributed by atoms with van der Waals surface area (Å²) in [4.78, 5) is 17.3. The highest BCUT2D eigenvalue weighted by molar-refractivity contribution is 9.09. The van der Waals surface area contributed by atoms with Crippen LogP contribution in [-0.2, 0) is 0 Å². The molecule has 3 rings (SSSR count). The molecule has 1 heterocycles. The standard InChI is InChI=1S/C16H21BrN2O/c17-13(9-11-5-3-1-2-4-6-11)12-7-8-14-15(10-12)19-16(20)18-14/h7-8,10-11,13H,1-6,9H2,(H2,18,19,20). The van der Waals surface area contributed by atoms with Crippen LogP contribution in [0.15, 0.2) is 23.0 Å². The second-order valence-electron chi connectivity index (χ2n) is 5.94. The Balaban J connectivity index is 1.73. The van der Waals surface area contributed by atoms with Crippen LogP contribution in [0.1, 0.15) is 55.3 Å². The number of halogens is 1. The molecule has 1 unspecified atom stereocenters. The lowest BCUT2D eigenvalue weighted by Crippen LogP contribution is -2.03. The van der Waals surface area contributed by atoms with Gasteiger partial charge in [0.15, 0.2) is 0 Å². The maximum Gasteiger partial charge on any atom is 0.323 e. The van der Waals surface area contributed by atoms with Crippen molar-refractivity contribution in [3.8, 4) is 0 Å². The molecule has 2 N–H and O–H groups in total. The number of aromatic nitrogens is 2. The normalized spacial score (nSPS) is 19.1. The van der Waals surface area contributed by atoms with Crippen molar-refractivity contribution < 1.29 is 0 Å². The first kappa shape index (κ1) is 13.9. The third-order valence-electron chi connectivity index (χ3n) is 4.42. The minimum Gasteiger partial charge on any atom is -0.306 e. The Kier molecular flexibility index (Phi) is 4.29. The van der Waals surface area contributed by atoms with E-state index in [1.807, 2.05) is 6.07 Å². The summed E-state index contributed by atoms with van der Waals surface area (Å²) < 4.78 is 0. The molecule has 2 aromatic rings. The molecule has 1 atom stereocenters. The van der Waals surface area contributed by atoms with E-state index in [9.17, 15) is 4.79 Å². The minimum atomic E-state index is -0.132. The summed E-state index contributed by atoms with van der Waals surface area (Å²) in [6, 6.07) is 6.19. The molecule has 1 fully saturated rings. The zero-order chi connectivity index (χ0) is 13.9. The number of hydrogen-bond acceptors (Lipinski definition) is 1. The van der Waals surface area contributed by atoms with Crippen LogP contribution in [0.2, 0.25) is 0 Å². The Hall–Kier alpha value is -1.03. The number of imidazole rings is 1. The number of benzene rings is 1. The number of rotatable bonds is 3. The molecule has 0 aliphatic heterocycles. The van der Waals surface area contributed by atoms with Crippen molar-refractivity contribution >= 4 is 27.0 Å². The zero-order valence-corrected chi connectivity index (χ0v) is 13.2. The molecule has 1 aliphatic rings. The molecule has 0 radical (unpaired) electrons. The summed E-state index contributed by atoms with van der Waals surface area (Å²) in [6.45, 7) is 0. The lowest BCUT2D eigenvalue weighted by atomic mass is 9.93. The van der Waals surface area contributed by atoms with Gasteiger partial charge in [-0.25, -0.2) is 4.79 Å². The van der Waals surface area contributed by atoms with E-state index in [2.05, 4.69) is 38.0 Å². The third-order valence-corrected chi connectivity index (χ3v) is 5.32. The molecule has 0 saturated heterocycles. The monoisotopic (exact) mass is 336 g/mol. The molecular weight excluding hydrogens is 316 g/mol. The highest BCUT2D eigenvalue weighted by Gasteiger charge is 2.18. The largest absolute Gasteiger partial charge is 0.323 e. The van der Waals surface area contributed by atoms with Crippen molar-refractivity contribution in [2.75, 3.05) is 0 Å². The molecule has 1 aromatic carbocycles. The van der Waals surface area contributed by atoms with E-state index in [4.69, 9.17) is 0 Å². The molecule has 1 aromatic heterocycles. The Bertz CT molecular complexity index is 623. The van der Waals surface area contributed by atoms with Gasteiger partial charge in [-0.15, -0.1) is 0 Å². The molecule has 108 valence electrons. The summed E-state index contributed by atoms with van der Waals surface area (Å²) in [5.74, 6) is 0.836. The first-order chi connectivity index (χ1) is 9.72. The maximum absolute atomic E-state index is 11.3. The van der Waals surface area contributed by atoms with Gasteiger partial charge in [-0.2, -0.15) is 0 Å². The van der Waals surface area contributed by atoms with Gasteiger partial charge in [0.25, 0.3) is 0 Å². The van der Waals surface area contributed by atoms with Crippen molar-refractivity contribution in [2.24, 2.45) is 5.92 Å². The topological polar surface area (TPSA) is 48.6 Å². The minimum absolute atomic E-state index is 0.132. The van der Waals surface area contributed by atoms with Gasteiger partial charge in [0.1, 0.15) is 0 Å². The number of hydrogen-bond donors (Lipinski definition) is 2. The van der Waals surface area contributed by atoms with E-state index in [0.29, 0.717) is 4.83 Å². The molecule has 4 heteroatoms.